The zero-order valence-electron chi connectivity index (χ0n) is 10.9. The highest BCUT2D eigenvalue weighted by Crippen LogP contribution is 2.23. The van der Waals surface area contributed by atoms with Gasteiger partial charge in [0.15, 0.2) is 0 Å². The molecule has 0 spiro atoms. The maximum absolute atomic E-state index is 11.9. The molecule has 0 aliphatic rings. The van der Waals surface area contributed by atoms with Gasteiger partial charge in [-0.15, -0.1) is 0 Å². The molecule has 18 heavy (non-hydrogen) atoms. The van der Waals surface area contributed by atoms with Gasteiger partial charge in [-0.2, -0.15) is 4.98 Å². The van der Waals surface area contributed by atoms with Crippen LogP contribution < -0.4 is 15.7 Å². The van der Waals surface area contributed by atoms with Gasteiger partial charge in [-0.1, -0.05) is 6.07 Å². The molecule has 96 valence electrons. The number of aromatic nitrogens is 1. The van der Waals surface area contributed by atoms with E-state index in [0.29, 0.717) is 16.7 Å². The van der Waals surface area contributed by atoms with Gasteiger partial charge in [0.1, 0.15) is 11.3 Å². The molecule has 0 aliphatic carbocycles. The third kappa shape index (κ3) is 2.45. The molecule has 0 amide bonds. The van der Waals surface area contributed by atoms with Crippen LogP contribution in [0.3, 0.4) is 0 Å². The summed E-state index contributed by atoms with van der Waals surface area (Å²) in [5.41, 5.74) is -0.160. The van der Waals surface area contributed by atoms with E-state index in [4.69, 9.17) is 9.15 Å². The molecular formula is C13H16N2O3. The van der Waals surface area contributed by atoms with Crippen molar-refractivity contribution in [1.29, 1.82) is 0 Å². The fraction of sp³-hybridized carbons (Fsp3) is 0.385. The van der Waals surface area contributed by atoms with Crippen molar-refractivity contribution < 1.29 is 9.15 Å². The summed E-state index contributed by atoms with van der Waals surface area (Å²) >= 11 is 0. The molecule has 0 saturated carbocycles. The Morgan fingerprint density at radius 3 is 2.67 bits per heavy atom. The lowest BCUT2D eigenvalue weighted by molar-refractivity contribution is 0.417. The van der Waals surface area contributed by atoms with Gasteiger partial charge in [0.2, 0.25) is 0 Å². The van der Waals surface area contributed by atoms with Crippen molar-refractivity contribution in [2.45, 2.75) is 26.3 Å². The highest BCUT2D eigenvalue weighted by atomic mass is 16.5. The second-order valence-electron chi connectivity index (χ2n) is 5.04. The van der Waals surface area contributed by atoms with Crippen LogP contribution in [0.4, 0.5) is 6.01 Å². The summed E-state index contributed by atoms with van der Waals surface area (Å²) in [6.45, 7) is 5.88. The predicted molar refractivity (Wildman–Crippen MR) is 70.2 cm³/mol. The van der Waals surface area contributed by atoms with E-state index >= 15 is 0 Å². The molecule has 5 heteroatoms. The molecule has 0 atom stereocenters. The number of para-hydroxylation sites is 1. The van der Waals surface area contributed by atoms with Gasteiger partial charge in [-0.25, -0.2) is 4.79 Å². The average Bonchev–Trinajstić information content (AvgIpc) is 2.26. The van der Waals surface area contributed by atoms with Gasteiger partial charge in [0, 0.05) is 5.54 Å². The van der Waals surface area contributed by atoms with Crippen LogP contribution in [0.2, 0.25) is 0 Å². The van der Waals surface area contributed by atoms with Crippen molar-refractivity contribution in [2.24, 2.45) is 0 Å². The Bertz CT molecular complexity index is 626. The van der Waals surface area contributed by atoms with E-state index in [9.17, 15) is 4.79 Å². The molecule has 0 saturated heterocycles. The lowest BCUT2D eigenvalue weighted by Gasteiger charge is -2.19. The van der Waals surface area contributed by atoms with Crippen LogP contribution in [-0.4, -0.2) is 17.6 Å². The second kappa shape index (κ2) is 4.33. The van der Waals surface area contributed by atoms with E-state index in [2.05, 4.69) is 10.3 Å². The molecule has 2 rings (SSSR count). The van der Waals surface area contributed by atoms with Crippen LogP contribution in [0.25, 0.3) is 10.9 Å². The number of anilines is 1. The number of nitrogens with zero attached hydrogens (tertiary/aromatic N) is 1. The van der Waals surface area contributed by atoms with Gasteiger partial charge in [0.05, 0.1) is 12.5 Å². The number of rotatable bonds is 2. The number of hydrogen-bond acceptors (Lipinski definition) is 5. The van der Waals surface area contributed by atoms with Crippen molar-refractivity contribution >= 4 is 16.9 Å². The normalized spacial score (nSPS) is 11.6. The SMILES string of the molecule is COc1cccc2c(=O)oc(NC(C)(C)C)nc12. The molecule has 0 radical (unpaired) electrons. The summed E-state index contributed by atoms with van der Waals surface area (Å²) in [6, 6.07) is 5.36. The van der Waals surface area contributed by atoms with Gasteiger partial charge in [-0.3, -0.25) is 0 Å². The van der Waals surface area contributed by atoms with Crippen LogP contribution in [0.15, 0.2) is 27.4 Å². The molecule has 0 aliphatic heterocycles. The first kappa shape index (κ1) is 12.4. The molecule has 0 bridgehead atoms. The van der Waals surface area contributed by atoms with E-state index in [1.165, 1.54) is 0 Å². The first-order chi connectivity index (χ1) is 8.40. The Morgan fingerprint density at radius 2 is 2.06 bits per heavy atom. The minimum absolute atomic E-state index is 0.199. The number of nitrogens with one attached hydrogen (secondary N) is 1. The predicted octanol–water partition coefficient (Wildman–Crippen LogP) is 2.41. The molecule has 5 nitrogen and oxygen atoms in total. The van der Waals surface area contributed by atoms with E-state index in [0.717, 1.165) is 0 Å². The van der Waals surface area contributed by atoms with Gasteiger partial charge >= 0.3 is 5.63 Å². The number of ether oxygens (including phenoxy) is 1. The Hall–Kier alpha value is -2.04. The van der Waals surface area contributed by atoms with Crippen molar-refractivity contribution in [3.63, 3.8) is 0 Å². The Balaban J connectivity index is 2.63. The number of benzene rings is 1. The number of hydrogen-bond donors (Lipinski definition) is 1. The summed E-state index contributed by atoms with van der Waals surface area (Å²) in [4.78, 5) is 16.1. The zero-order valence-corrected chi connectivity index (χ0v) is 10.9. The molecule has 2 aromatic rings. The second-order valence-corrected chi connectivity index (χ2v) is 5.04. The number of fused-ring (bicyclic) bond motifs is 1. The van der Waals surface area contributed by atoms with Crippen LogP contribution in [-0.2, 0) is 0 Å². The fourth-order valence-corrected chi connectivity index (χ4v) is 1.61. The Kier molecular flexibility index (Phi) is 2.98. The summed E-state index contributed by atoms with van der Waals surface area (Å²) < 4.78 is 10.3. The van der Waals surface area contributed by atoms with Crippen molar-refractivity contribution in [1.82, 2.24) is 4.98 Å². The Morgan fingerprint density at radius 1 is 1.33 bits per heavy atom. The molecule has 0 fully saturated rings. The van der Waals surface area contributed by atoms with Crippen LogP contribution in [0.1, 0.15) is 20.8 Å². The van der Waals surface area contributed by atoms with Gasteiger partial charge in [-0.05, 0) is 32.9 Å². The van der Waals surface area contributed by atoms with Crippen LogP contribution in [0.5, 0.6) is 5.75 Å². The van der Waals surface area contributed by atoms with Crippen LogP contribution in [0, 0.1) is 0 Å². The summed E-state index contributed by atoms with van der Waals surface area (Å²) in [6.07, 6.45) is 0. The van der Waals surface area contributed by atoms with E-state index in [1.807, 2.05) is 20.8 Å². The molecule has 1 aromatic carbocycles. The van der Waals surface area contributed by atoms with Gasteiger partial charge in [0.25, 0.3) is 6.01 Å². The van der Waals surface area contributed by atoms with E-state index in [1.54, 1.807) is 25.3 Å². The van der Waals surface area contributed by atoms with Gasteiger partial charge < -0.3 is 14.5 Å². The first-order valence-corrected chi connectivity index (χ1v) is 5.67. The minimum atomic E-state index is -0.425. The third-order valence-electron chi connectivity index (χ3n) is 2.32. The van der Waals surface area contributed by atoms with E-state index < -0.39 is 5.63 Å². The summed E-state index contributed by atoms with van der Waals surface area (Å²) in [5.74, 6) is 0.553. The molecule has 0 unspecified atom stereocenters. The maximum atomic E-state index is 11.9. The monoisotopic (exact) mass is 248 g/mol. The standard InChI is InChI=1S/C13H16N2O3/c1-13(2,3)15-12-14-10-8(11(16)18-12)6-5-7-9(10)17-4/h5-7H,1-4H3,(H,14,15). The zero-order chi connectivity index (χ0) is 13.3. The summed E-state index contributed by atoms with van der Waals surface area (Å²) in [5, 5.41) is 3.44. The van der Waals surface area contributed by atoms with Crippen molar-refractivity contribution in [3.05, 3.63) is 28.6 Å². The quantitative estimate of drug-likeness (QED) is 0.884. The average molecular weight is 248 g/mol. The third-order valence-corrected chi connectivity index (χ3v) is 2.32. The fourth-order valence-electron chi connectivity index (χ4n) is 1.61. The molecule has 1 aromatic heterocycles. The molecular weight excluding hydrogens is 232 g/mol. The highest BCUT2D eigenvalue weighted by molar-refractivity contribution is 5.83. The lowest BCUT2D eigenvalue weighted by atomic mass is 10.1. The lowest BCUT2D eigenvalue weighted by Crippen LogP contribution is -2.27. The smallest absolute Gasteiger partial charge is 0.348 e. The highest BCUT2D eigenvalue weighted by Gasteiger charge is 2.15. The van der Waals surface area contributed by atoms with Crippen LogP contribution >= 0.6 is 0 Å². The molecule has 1 heterocycles. The topological polar surface area (TPSA) is 64.4 Å². The van der Waals surface area contributed by atoms with E-state index in [-0.39, 0.29) is 11.6 Å². The molecule has 1 N–H and O–H groups in total. The first-order valence-electron chi connectivity index (χ1n) is 5.67. The summed E-state index contributed by atoms with van der Waals surface area (Å²) in [7, 11) is 1.54. The van der Waals surface area contributed by atoms with Crippen molar-refractivity contribution in [2.75, 3.05) is 12.4 Å². The minimum Gasteiger partial charge on any atom is -0.494 e. The largest absolute Gasteiger partial charge is 0.494 e. The Labute approximate surface area is 105 Å². The van der Waals surface area contributed by atoms with Crippen molar-refractivity contribution in [3.8, 4) is 5.75 Å². The maximum Gasteiger partial charge on any atom is 0.348 e. The number of methoxy groups -OCH3 is 1.